The molecule has 0 aromatic heterocycles. The van der Waals surface area contributed by atoms with Crippen LogP contribution in [0.25, 0.3) is 0 Å². The second-order valence-electron chi connectivity index (χ2n) is 8.90. The van der Waals surface area contributed by atoms with E-state index in [0.717, 1.165) is 39.6 Å². The zero-order chi connectivity index (χ0) is 21.9. The highest BCUT2D eigenvalue weighted by Crippen LogP contribution is 2.39. The van der Waals surface area contributed by atoms with Crippen LogP contribution in [-0.2, 0) is 4.79 Å². The molecule has 10 heteroatoms. The van der Waals surface area contributed by atoms with Gasteiger partial charge in [0, 0.05) is 42.9 Å². The highest BCUT2D eigenvalue weighted by atomic mass is 16.6. The second-order valence-corrected chi connectivity index (χ2v) is 8.90. The number of rotatable bonds is 4. The van der Waals surface area contributed by atoms with Crippen LogP contribution in [-0.4, -0.2) is 76.6 Å². The highest BCUT2D eigenvalue weighted by molar-refractivity contribution is 6.53. The van der Waals surface area contributed by atoms with Crippen molar-refractivity contribution in [3.05, 3.63) is 69.8 Å². The summed E-state index contributed by atoms with van der Waals surface area (Å²) in [5.74, 6) is -0.296. The minimum absolute atomic E-state index is 0.0115. The van der Waals surface area contributed by atoms with Gasteiger partial charge in [0.1, 0.15) is 0 Å². The van der Waals surface area contributed by atoms with Gasteiger partial charge < -0.3 is 5.32 Å². The topological polar surface area (TPSA) is 107 Å². The van der Waals surface area contributed by atoms with Crippen molar-refractivity contribution in [2.24, 2.45) is 15.6 Å². The lowest BCUT2D eigenvalue weighted by Crippen LogP contribution is -2.74. The molecule has 2 aromatic rings. The van der Waals surface area contributed by atoms with Crippen LogP contribution in [0.4, 0.5) is 11.4 Å². The fourth-order valence-corrected chi connectivity index (χ4v) is 5.48. The Kier molecular flexibility index (Phi) is 4.22. The van der Waals surface area contributed by atoms with Crippen molar-refractivity contribution in [3.8, 4) is 0 Å². The van der Waals surface area contributed by atoms with Crippen LogP contribution in [0.3, 0.4) is 0 Å². The van der Waals surface area contributed by atoms with Gasteiger partial charge in [0.25, 0.3) is 11.6 Å². The molecule has 5 aliphatic heterocycles. The van der Waals surface area contributed by atoms with Crippen molar-refractivity contribution in [3.63, 3.8) is 0 Å². The molecule has 7 rings (SSSR count). The van der Waals surface area contributed by atoms with E-state index in [4.69, 9.17) is 0 Å². The van der Waals surface area contributed by atoms with Crippen LogP contribution in [0.2, 0.25) is 0 Å². The summed E-state index contributed by atoms with van der Waals surface area (Å²) in [5, 5.41) is 23.3. The Balaban J connectivity index is 1.49. The molecule has 4 bridgehead atoms. The molecule has 4 fully saturated rings. The summed E-state index contributed by atoms with van der Waals surface area (Å²) in [4.78, 5) is 30.6. The number of anilines is 1. The summed E-state index contributed by atoms with van der Waals surface area (Å²) in [6.07, 6.45) is 0. The summed E-state index contributed by atoms with van der Waals surface area (Å²) in [7, 11) is 0. The Morgan fingerprint density at radius 2 is 1.69 bits per heavy atom. The van der Waals surface area contributed by atoms with E-state index in [9.17, 15) is 14.9 Å². The standard InChI is InChI=1S/C22H21N7O3/c30-21-19(17-6-1-2-7-18(17)23-21)24-25-20(15-4-3-5-16(8-15)29(31)32)22-9-26-12-27(10-22)14-28(11-22)13-26/h1-8H,9-14H2,(H,23,24,30). The van der Waals surface area contributed by atoms with Gasteiger partial charge in [-0.25, -0.2) is 0 Å². The predicted molar refractivity (Wildman–Crippen MR) is 118 cm³/mol. The molecule has 32 heavy (non-hydrogen) atoms. The molecule has 5 heterocycles. The average molecular weight is 431 g/mol. The van der Waals surface area contributed by atoms with Crippen molar-refractivity contribution < 1.29 is 9.72 Å². The monoisotopic (exact) mass is 431 g/mol. The molecule has 10 nitrogen and oxygen atoms in total. The number of carbonyl (C=O) groups is 1. The van der Waals surface area contributed by atoms with Gasteiger partial charge in [0.2, 0.25) is 0 Å². The summed E-state index contributed by atoms with van der Waals surface area (Å²) in [6, 6.07) is 13.9. The quantitative estimate of drug-likeness (QED) is 0.447. The number of nitrogens with one attached hydrogen (secondary N) is 1. The number of para-hydroxylation sites is 1. The van der Waals surface area contributed by atoms with Gasteiger partial charge in [-0.2, -0.15) is 5.10 Å². The van der Waals surface area contributed by atoms with E-state index in [2.05, 4.69) is 30.2 Å². The predicted octanol–water partition coefficient (Wildman–Crippen LogP) is 1.55. The number of hydrogen-bond acceptors (Lipinski definition) is 8. The number of hydrogen-bond donors (Lipinski definition) is 1. The molecule has 1 N–H and O–H groups in total. The van der Waals surface area contributed by atoms with E-state index in [1.54, 1.807) is 12.1 Å². The van der Waals surface area contributed by atoms with E-state index >= 15 is 0 Å². The molecule has 0 aliphatic carbocycles. The zero-order valence-corrected chi connectivity index (χ0v) is 17.3. The van der Waals surface area contributed by atoms with Crippen LogP contribution < -0.4 is 5.32 Å². The smallest absolute Gasteiger partial charge is 0.276 e. The molecule has 5 aliphatic rings. The molecule has 0 atom stereocenters. The molecule has 0 unspecified atom stereocenters. The first-order valence-corrected chi connectivity index (χ1v) is 10.5. The highest BCUT2D eigenvalue weighted by Gasteiger charge is 2.52. The molecular formula is C22H21N7O3. The number of benzene rings is 2. The average Bonchev–Trinajstić information content (AvgIpc) is 3.08. The maximum Gasteiger partial charge on any atom is 0.276 e. The molecule has 4 saturated heterocycles. The van der Waals surface area contributed by atoms with Gasteiger partial charge in [-0.3, -0.25) is 29.6 Å². The molecule has 0 radical (unpaired) electrons. The number of amides is 1. The third kappa shape index (κ3) is 3.03. The fourth-order valence-electron chi connectivity index (χ4n) is 5.48. The molecular weight excluding hydrogens is 410 g/mol. The SMILES string of the molecule is O=C1Nc2ccccc2/C1=N/N=C(c1cccc([N+](=O)[O-])c1)C12CN3CN(CN(C3)C1)C2. The number of carbonyl (C=O) groups excluding carboxylic acids is 1. The van der Waals surface area contributed by atoms with Crippen LogP contribution in [0.5, 0.6) is 0 Å². The lowest BCUT2D eigenvalue weighted by atomic mass is 9.74. The van der Waals surface area contributed by atoms with Crippen LogP contribution in [0.15, 0.2) is 58.7 Å². The van der Waals surface area contributed by atoms with Gasteiger partial charge in [0.15, 0.2) is 5.71 Å². The largest absolute Gasteiger partial charge is 0.320 e. The second kappa shape index (κ2) is 7.02. The van der Waals surface area contributed by atoms with Crippen molar-refractivity contribution in [2.45, 2.75) is 0 Å². The summed E-state index contributed by atoms with van der Waals surface area (Å²) < 4.78 is 0. The van der Waals surface area contributed by atoms with E-state index in [-0.39, 0.29) is 22.7 Å². The van der Waals surface area contributed by atoms with E-state index < -0.39 is 4.92 Å². The Labute approximate surface area is 184 Å². The van der Waals surface area contributed by atoms with Crippen LogP contribution >= 0.6 is 0 Å². The van der Waals surface area contributed by atoms with Crippen molar-refractivity contribution >= 4 is 28.7 Å². The summed E-state index contributed by atoms with van der Waals surface area (Å²) >= 11 is 0. The third-order valence-corrected chi connectivity index (χ3v) is 6.51. The van der Waals surface area contributed by atoms with E-state index in [1.807, 2.05) is 30.3 Å². The molecule has 0 spiro atoms. The lowest BCUT2D eigenvalue weighted by molar-refractivity contribution is -0.384. The van der Waals surface area contributed by atoms with Gasteiger partial charge in [-0.15, -0.1) is 5.10 Å². The number of nitrogens with zero attached hydrogens (tertiary/aromatic N) is 6. The van der Waals surface area contributed by atoms with Crippen molar-refractivity contribution in [2.75, 3.05) is 45.0 Å². The molecule has 162 valence electrons. The molecule has 2 aromatic carbocycles. The van der Waals surface area contributed by atoms with Gasteiger partial charge in [-0.1, -0.05) is 30.3 Å². The maximum absolute atomic E-state index is 12.5. The minimum atomic E-state index is -0.399. The Hall–Kier alpha value is -3.47. The normalized spacial score (nSPS) is 31.6. The summed E-state index contributed by atoms with van der Waals surface area (Å²) in [6.45, 7) is 5.12. The molecule has 0 saturated carbocycles. The van der Waals surface area contributed by atoms with Gasteiger partial charge in [-0.05, 0) is 6.07 Å². The first-order chi connectivity index (χ1) is 15.5. The molecule has 1 amide bonds. The maximum atomic E-state index is 12.5. The number of nitro groups is 1. The van der Waals surface area contributed by atoms with Gasteiger partial charge in [0.05, 0.1) is 41.7 Å². The van der Waals surface area contributed by atoms with E-state index in [1.165, 1.54) is 6.07 Å². The number of fused-ring (bicyclic) bond motifs is 1. The Morgan fingerprint density at radius 3 is 2.38 bits per heavy atom. The van der Waals surface area contributed by atoms with Crippen LogP contribution in [0, 0.1) is 15.5 Å². The number of nitro benzene ring substituents is 1. The minimum Gasteiger partial charge on any atom is -0.320 e. The Bertz CT molecular complexity index is 1170. The number of non-ortho nitro benzene ring substituents is 1. The fraction of sp³-hybridized carbons (Fsp3) is 0.318. The van der Waals surface area contributed by atoms with E-state index in [0.29, 0.717) is 22.5 Å². The zero-order valence-electron chi connectivity index (χ0n) is 17.3. The van der Waals surface area contributed by atoms with Crippen LogP contribution in [0.1, 0.15) is 11.1 Å². The first-order valence-electron chi connectivity index (χ1n) is 10.5. The summed E-state index contributed by atoms with van der Waals surface area (Å²) in [5.41, 5.74) is 2.70. The Morgan fingerprint density at radius 1 is 1.00 bits per heavy atom. The lowest BCUT2D eigenvalue weighted by Gasteiger charge is -2.60. The van der Waals surface area contributed by atoms with Crippen molar-refractivity contribution in [1.29, 1.82) is 0 Å². The van der Waals surface area contributed by atoms with Crippen molar-refractivity contribution in [1.82, 2.24) is 14.7 Å². The first kappa shape index (κ1) is 19.2. The third-order valence-electron chi connectivity index (χ3n) is 6.51. The van der Waals surface area contributed by atoms with Gasteiger partial charge >= 0.3 is 0 Å².